The maximum absolute atomic E-state index is 5.84. The lowest BCUT2D eigenvalue weighted by Crippen LogP contribution is -2.32. The fourth-order valence-corrected chi connectivity index (χ4v) is 2.92. The Balaban J connectivity index is 1.91. The Labute approximate surface area is 113 Å². The maximum Gasteiger partial charge on any atom is 0.123 e. The van der Waals surface area contributed by atoms with Gasteiger partial charge < -0.3 is 4.42 Å². The van der Waals surface area contributed by atoms with Crippen LogP contribution in [0.4, 0.5) is 0 Å². The van der Waals surface area contributed by atoms with E-state index in [4.69, 9.17) is 10.3 Å². The largest absolute Gasteiger partial charge is 0.464 e. The first-order valence-electron chi connectivity index (χ1n) is 6.82. The number of aryl methyl sites for hydroxylation is 2. The second-order valence-electron chi connectivity index (χ2n) is 4.99. The second-order valence-corrected chi connectivity index (χ2v) is 4.99. The van der Waals surface area contributed by atoms with Crippen LogP contribution < -0.4 is 11.3 Å². The van der Waals surface area contributed by atoms with Crippen molar-refractivity contribution in [3.05, 3.63) is 53.2 Å². The van der Waals surface area contributed by atoms with E-state index in [9.17, 15) is 0 Å². The molecule has 4 heteroatoms. The molecule has 0 saturated heterocycles. The monoisotopic (exact) mass is 257 g/mol. The Morgan fingerprint density at radius 3 is 3.11 bits per heavy atom. The van der Waals surface area contributed by atoms with Crippen LogP contribution in [0.2, 0.25) is 0 Å². The van der Waals surface area contributed by atoms with Crippen molar-refractivity contribution in [3.63, 3.8) is 0 Å². The molecule has 0 fully saturated rings. The molecule has 0 aromatic carbocycles. The smallest absolute Gasteiger partial charge is 0.123 e. The SMILES string of the molecule is CCc1ccc(C(NN)C2CCc3cccnc32)o1. The van der Waals surface area contributed by atoms with Gasteiger partial charge in [0.15, 0.2) is 0 Å². The van der Waals surface area contributed by atoms with Crippen LogP contribution in [0.15, 0.2) is 34.9 Å². The molecule has 100 valence electrons. The van der Waals surface area contributed by atoms with E-state index < -0.39 is 0 Å². The van der Waals surface area contributed by atoms with Crippen LogP contribution >= 0.6 is 0 Å². The lowest BCUT2D eigenvalue weighted by Gasteiger charge is -2.21. The zero-order valence-electron chi connectivity index (χ0n) is 11.1. The van der Waals surface area contributed by atoms with E-state index in [0.717, 1.165) is 36.5 Å². The van der Waals surface area contributed by atoms with Gasteiger partial charge in [0.2, 0.25) is 0 Å². The third kappa shape index (κ3) is 2.17. The van der Waals surface area contributed by atoms with Gasteiger partial charge in [-0.3, -0.25) is 10.8 Å². The van der Waals surface area contributed by atoms with Gasteiger partial charge in [-0.15, -0.1) is 0 Å². The van der Waals surface area contributed by atoms with Crippen LogP contribution in [0.3, 0.4) is 0 Å². The third-order valence-corrected chi connectivity index (χ3v) is 3.92. The summed E-state index contributed by atoms with van der Waals surface area (Å²) in [6, 6.07) is 8.18. The van der Waals surface area contributed by atoms with E-state index in [1.807, 2.05) is 24.4 Å². The Morgan fingerprint density at radius 2 is 2.37 bits per heavy atom. The molecule has 2 atom stereocenters. The number of hydrogen-bond donors (Lipinski definition) is 2. The van der Waals surface area contributed by atoms with Crippen LogP contribution in [-0.2, 0) is 12.8 Å². The van der Waals surface area contributed by atoms with Crippen LogP contribution in [-0.4, -0.2) is 4.98 Å². The summed E-state index contributed by atoms with van der Waals surface area (Å²) in [5, 5.41) is 0. The molecule has 2 heterocycles. The quantitative estimate of drug-likeness (QED) is 0.652. The summed E-state index contributed by atoms with van der Waals surface area (Å²) in [7, 11) is 0. The summed E-state index contributed by atoms with van der Waals surface area (Å²) < 4.78 is 5.84. The van der Waals surface area contributed by atoms with E-state index in [1.54, 1.807) is 0 Å². The van der Waals surface area contributed by atoms with Gasteiger partial charge in [-0.1, -0.05) is 13.0 Å². The molecule has 1 aliphatic carbocycles. The first-order valence-corrected chi connectivity index (χ1v) is 6.82. The summed E-state index contributed by atoms with van der Waals surface area (Å²) in [5.74, 6) is 7.94. The summed E-state index contributed by atoms with van der Waals surface area (Å²) in [6.45, 7) is 2.08. The van der Waals surface area contributed by atoms with E-state index >= 15 is 0 Å². The van der Waals surface area contributed by atoms with Crippen molar-refractivity contribution in [1.82, 2.24) is 10.4 Å². The number of hydrogen-bond acceptors (Lipinski definition) is 4. The molecule has 2 aromatic rings. The van der Waals surface area contributed by atoms with Gasteiger partial charge >= 0.3 is 0 Å². The Morgan fingerprint density at radius 1 is 1.47 bits per heavy atom. The average molecular weight is 257 g/mol. The van der Waals surface area contributed by atoms with Gasteiger partial charge in [0.05, 0.1) is 6.04 Å². The molecule has 0 radical (unpaired) electrons. The minimum Gasteiger partial charge on any atom is -0.464 e. The molecule has 0 saturated carbocycles. The number of hydrazine groups is 1. The molecule has 2 aromatic heterocycles. The summed E-state index contributed by atoms with van der Waals surface area (Å²) in [5.41, 5.74) is 5.39. The van der Waals surface area contributed by atoms with Crippen LogP contribution in [0, 0.1) is 0 Å². The van der Waals surface area contributed by atoms with Gasteiger partial charge in [0.25, 0.3) is 0 Å². The standard InChI is InChI=1S/C15H19N3O/c1-2-11-6-8-13(19-11)15(18-16)12-7-5-10-4-3-9-17-14(10)12/h3-4,6,8-9,12,15,18H,2,5,7,16H2,1H3. The summed E-state index contributed by atoms with van der Waals surface area (Å²) >= 11 is 0. The highest BCUT2D eigenvalue weighted by Gasteiger charge is 2.33. The molecular weight excluding hydrogens is 238 g/mol. The average Bonchev–Trinajstić information content (AvgIpc) is 3.07. The van der Waals surface area contributed by atoms with Crippen molar-refractivity contribution in [3.8, 4) is 0 Å². The van der Waals surface area contributed by atoms with Gasteiger partial charge in [0, 0.05) is 24.2 Å². The molecule has 0 bridgehead atoms. The third-order valence-electron chi connectivity index (χ3n) is 3.92. The highest BCUT2D eigenvalue weighted by molar-refractivity contribution is 5.31. The van der Waals surface area contributed by atoms with Crippen LogP contribution in [0.5, 0.6) is 0 Å². The minimum absolute atomic E-state index is 0.00329. The number of furan rings is 1. The summed E-state index contributed by atoms with van der Waals surface area (Å²) in [4.78, 5) is 4.52. The molecule has 4 nitrogen and oxygen atoms in total. The van der Waals surface area contributed by atoms with Crippen molar-refractivity contribution >= 4 is 0 Å². The van der Waals surface area contributed by atoms with Crippen molar-refractivity contribution in [2.75, 3.05) is 0 Å². The van der Waals surface area contributed by atoms with E-state index in [1.165, 1.54) is 5.56 Å². The van der Waals surface area contributed by atoms with Crippen molar-refractivity contribution in [1.29, 1.82) is 0 Å². The summed E-state index contributed by atoms with van der Waals surface area (Å²) in [6.07, 6.45) is 4.87. The molecule has 0 spiro atoms. The van der Waals surface area contributed by atoms with Gasteiger partial charge in [0.1, 0.15) is 11.5 Å². The highest BCUT2D eigenvalue weighted by Crippen LogP contribution is 2.40. The van der Waals surface area contributed by atoms with E-state index in [0.29, 0.717) is 0 Å². The molecule has 19 heavy (non-hydrogen) atoms. The number of fused-ring (bicyclic) bond motifs is 1. The second kappa shape index (κ2) is 5.15. The number of rotatable bonds is 4. The lowest BCUT2D eigenvalue weighted by atomic mass is 9.95. The molecule has 0 amide bonds. The highest BCUT2D eigenvalue weighted by atomic mass is 16.3. The number of nitrogens with two attached hydrogens (primary N) is 1. The van der Waals surface area contributed by atoms with E-state index in [2.05, 4.69) is 23.4 Å². The van der Waals surface area contributed by atoms with Gasteiger partial charge in [-0.25, -0.2) is 5.43 Å². The van der Waals surface area contributed by atoms with Crippen molar-refractivity contribution in [2.45, 2.75) is 38.1 Å². The van der Waals surface area contributed by atoms with Gasteiger partial charge in [-0.05, 0) is 36.6 Å². The number of aromatic nitrogens is 1. The molecule has 2 unspecified atom stereocenters. The topological polar surface area (TPSA) is 64.1 Å². The molecule has 3 rings (SSSR count). The van der Waals surface area contributed by atoms with Crippen molar-refractivity contribution in [2.24, 2.45) is 5.84 Å². The molecule has 3 N–H and O–H groups in total. The predicted molar refractivity (Wildman–Crippen MR) is 73.4 cm³/mol. The normalized spacial score (nSPS) is 19.4. The van der Waals surface area contributed by atoms with Crippen molar-refractivity contribution < 1.29 is 4.42 Å². The number of pyridine rings is 1. The minimum atomic E-state index is -0.00329. The first kappa shape index (κ1) is 12.4. The fourth-order valence-electron chi connectivity index (χ4n) is 2.92. The Kier molecular flexibility index (Phi) is 3.36. The predicted octanol–water partition coefficient (Wildman–Crippen LogP) is 2.47. The zero-order chi connectivity index (χ0) is 13.2. The molecule has 0 aliphatic heterocycles. The van der Waals surface area contributed by atoms with Crippen LogP contribution in [0.25, 0.3) is 0 Å². The zero-order valence-corrected chi connectivity index (χ0v) is 11.1. The maximum atomic E-state index is 5.84. The van der Waals surface area contributed by atoms with Gasteiger partial charge in [-0.2, -0.15) is 0 Å². The Hall–Kier alpha value is -1.65. The number of nitrogens with zero attached hydrogens (tertiary/aromatic N) is 1. The number of nitrogens with one attached hydrogen (secondary N) is 1. The fraction of sp³-hybridized carbons (Fsp3) is 0.400. The van der Waals surface area contributed by atoms with E-state index in [-0.39, 0.29) is 12.0 Å². The lowest BCUT2D eigenvalue weighted by molar-refractivity contribution is 0.353. The molecule has 1 aliphatic rings. The Bertz CT molecular complexity index is 564. The van der Waals surface area contributed by atoms with Crippen LogP contribution in [0.1, 0.15) is 48.1 Å². The first-order chi connectivity index (χ1) is 9.33. The molecular formula is C15H19N3O.